The van der Waals surface area contributed by atoms with Crippen molar-refractivity contribution in [3.05, 3.63) is 64.7 Å². The zero-order chi connectivity index (χ0) is 17.7. The van der Waals surface area contributed by atoms with Crippen LogP contribution in [0.25, 0.3) is 0 Å². The first kappa shape index (κ1) is 17.6. The van der Waals surface area contributed by atoms with Crippen LogP contribution >= 0.6 is 12.2 Å². The van der Waals surface area contributed by atoms with Crippen LogP contribution in [-0.2, 0) is 4.74 Å². The zero-order valence-corrected chi connectivity index (χ0v) is 14.5. The molecule has 124 valence electrons. The Balaban J connectivity index is 2.11. The second-order valence-electron chi connectivity index (χ2n) is 5.26. The molecule has 0 bridgehead atoms. The van der Waals surface area contributed by atoms with Crippen LogP contribution in [0.5, 0.6) is 0 Å². The van der Waals surface area contributed by atoms with Crippen LogP contribution in [0, 0.1) is 13.8 Å². The molecule has 0 radical (unpaired) electrons. The third-order valence-corrected chi connectivity index (χ3v) is 3.64. The number of anilines is 1. The number of ether oxygens (including phenoxy) is 1. The zero-order valence-electron chi connectivity index (χ0n) is 13.7. The van der Waals surface area contributed by atoms with Gasteiger partial charge in [0.25, 0.3) is 5.91 Å². The Hall–Kier alpha value is -2.73. The van der Waals surface area contributed by atoms with Gasteiger partial charge in [-0.15, -0.1) is 0 Å². The number of hydrogen-bond donors (Lipinski definition) is 2. The molecule has 0 aliphatic rings. The first-order chi connectivity index (χ1) is 11.4. The van der Waals surface area contributed by atoms with Gasteiger partial charge >= 0.3 is 5.97 Å². The van der Waals surface area contributed by atoms with E-state index < -0.39 is 5.97 Å². The minimum atomic E-state index is -0.485. The van der Waals surface area contributed by atoms with Crippen molar-refractivity contribution in [3.63, 3.8) is 0 Å². The molecule has 0 saturated carbocycles. The number of carbonyl (C=O) groups is 2. The number of benzene rings is 2. The summed E-state index contributed by atoms with van der Waals surface area (Å²) < 4.78 is 4.73. The van der Waals surface area contributed by atoms with Crippen LogP contribution in [0.2, 0.25) is 0 Å². The third-order valence-electron chi connectivity index (χ3n) is 3.43. The minimum Gasteiger partial charge on any atom is -0.465 e. The lowest BCUT2D eigenvalue weighted by Gasteiger charge is -2.13. The Morgan fingerprint density at radius 1 is 1.04 bits per heavy atom. The van der Waals surface area contributed by atoms with Gasteiger partial charge in [0.1, 0.15) is 0 Å². The average Bonchev–Trinajstić information content (AvgIpc) is 2.54. The monoisotopic (exact) mass is 342 g/mol. The van der Waals surface area contributed by atoms with Gasteiger partial charge in [-0.25, -0.2) is 4.79 Å². The lowest BCUT2D eigenvalue weighted by molar-refractivity contribution is 0.0602. The van der Waals surface area contributed by atoms with Gasteiger partial charge in [-0.05, 0) is 49.8 Å². The summed E-state index contributed by atoms with van der Waals surface area (Å²) in [6.45, 7) is 3.83. The Labute approximate surface area is 146 Å². The SMILES string of the molecule is COC(=O)c1ccccc1NC(=S)NC(=O)c1ccc(C)cc1C. The number of hydrogen-bond acceptors (Lipinski definition) is 4. The molecule has 2 aromatic rings. The highest BCUT2D eigenvalue weighted by Gasteiger charge is 2.14. The van der Waals surface area contributed by atoms with Gasteiger partial charge in [-0.3, -0.25) is 10.1 Å². The van der Waals surface area contributed by atoms with E-state index in [2.05, 4.69) is 10.6 Å². The molecule has 2 aromatic carbocycles. The molecule has 6 heteroatoms. The molecule has 0 heterocycles. The molecule has 0 atom stereocenters. The van der Waals surface area contributed by atoms with E-state index in [0.717, 1.165) is 11.1 Å². The van der Waals surface area contributed by atoms with Gasteiger partial charge in [-0.2, -0.15) is 0 Å². The van der Waals surface area contributed by atoms with Gasteiger partial charge in [0.05, 0.1) is 18.4 Å². The number of nitrogens with one attached hydrogen (secondary N) is 2. The molecule has 0 spiro atoms. The Bertz CT molecular complexity index is 803. The lowest BCUT2D eigenvalue weighted by atomic mass is 10.1. The molecule has 0 saturated heterocycles. The summed E-state index contributed by atoms with van der Waals surface area (Å²) >= 11 is 5.17. The number of carbonyl (C=O) groups excluding carboxylic acids is 2. The molecular weight excluding hydrogens is 324 g/mol. The van der Waals surface area contributed by atoms with Crippen molar-refractivity contribution in [1.82, 2.24) is 5.32 Å². The summed E-state index contributed by atoms with van der Waals surface area (Å²) in [6.07, 6.45) is 0. The van der Waals surface area contributed by atoms with Crippen molar-refractivity contribution in [2.24, 2.45) is 0 Å². The molecule has 0 aliphatic heterocycles. The Morgan fingerprint density at radius 3 is 2.42 bits per heavy atom. The highest BCUT2D eigenvalue weighted by Crippen LogP contribution is 2.16. The molecule has 0 aliphatic carbocycles. The average molecular weight is 342 g/mol. The van der Waals surface area contributed by atoms with E-state index in [0.29, 0.717) is 16.8 Å². The Morgan fingerprint density at radius 2 is 1.75 bits per heavy atom. The van der Waals surface area contributed by atoms with Gasteiger partial charge in [0, 0.05) is 5.56 Å². The van der Waals surface area contributed by atoms with E-state index in [1.165, 1.54) is 7.11 Å². The van der Waals surface area contributed by atoms with E-state index in [4.69, 9.17) is 17.0 Å². The smallest absolute Gasteiger partial charge is 0.339 e. The number of amides is 1. The molecular formula is C18H18N2O3S. The first-order valence-electron chi connectivity index (χ1n) is 7.29. The summed E-state index contributed by atoms with van der Waals surface area (Å²) in [5.41, 5.74) is 3.30. The number of para-hydroxylation sites is 1. The molecule has 2 rings (SSSR count). The minimum absolute atomic E-state index is 0.108. The fourth-order valence-corrected chi connectivity index (χ4v) is 2.48. The number of methoxy groups -OCH3 is 1. The second-order valence-corrected chi connectivity index (χ2v) is 5.67. The van der Waals surface area contributed by atoms with Crippen LogP contribution in [-0.4, -0.2) is 24.1 Å². The topological polar surface area (TPSA) is 67.4 Å². The van der Waals surface area contributed by atoms with Crippen LogP contribution in [0.4, 0.5) is 5.69 Å². The summed E-state index contributed by atoms with van der Waals surface area (Å²) in [7, 11) is 1.30. The highest BCUT2D eigenvalue weighted by molar-refractivity contribution is 7.80. The molecule has 24 heavy (non-hydrogen) atoms. The summed E-state index contributed by atoms with van der Waals surface area (Å²) in [5.74, 6) is -0.790. The third kappa shape index (κ3) is 4.17. The summed E-state index contributed by atoms with van der Waals surface area (Å²) in [4.78, 5) is 24.1. The van der Waals surface area contributed by atoms with Crippen molar-refractivity contribution < 1.29 is 14.3 Å². The number of thiocarbonyl (C=S) groups is 1. The van der Waals surface area contributed by atoms with Crippen molar-refractivity contribution in [2.45, 2.75) is 13.8 Å². The van der Waals surface area contributed by atoms with Gasteiger partial charge in [0.2, 0.25) is 0 Å². The van der Waals surface area contributed by atoms with Crippen molar-refractivity contribution >= 4 is 34.9 Å². The number of esters is 1. The van der Waals surface area contributed by atoms with Crippen molar-refractivity contribution in [1.29, 1.82) is 0 Å². The van der Waals surface area contributed by atoms with Gasteiger partial charge in [-0.1, -0.05) is 29.8 Å². The number of rotatable bonds is 3. The lowest BCUT2D eigenvalue weighted by Crippen LogP contribution is -2.34. The fraction of sp³-hybridized carbons (Fsp3) is 0.167. The van der Waals surface area contributed by atoms with Crippen LogP contribution in [0.3, 0.4) is 0 Å². The predicted molar refractivity (Wildman–Crippen MR) is 97.4 cm³/mol. The molecule has 2 N–H and O–H groups in total. The predicted octanol–water partition coefficient (Wildman–Crippen LogP) is 3.22. The van der Waals surface area contributed by atoms with Gasteiger partial charge in [0.15, 0.2) is 5.11 Å². The van der Waals surface area contributed by atoms with E-state index in [1.807, 2.05) is 26.0 Å². The molecule has 5 nitrogen and oxygen atoms in total. The van der Waals surface area contributed by atoms with E-state index in [1.54, 1.807) is 30.3 Å². The molecule has 1 amide bonds. The number of aryl methyl sites for hydroxylation is 2. The second kappa shape index (κ2) is 7.70. The normalized spacial score (nSPS) is 9.96. The van der Waals surface area contributed by atoms with Crippen molar-refractivity contribution in [2.75, 3.05) is 12.4 Å². The summed E-state index contributed by atoms with van der Waals surface area (Å²) in [6, 6.07) is 12.3. The van der Waals surface area contributed by atoms with Crippen LogP contribution in [0.15, 0.2) is 42.5 Å². The summed E-state index contributed by atoms with van der Waals surface area (Å²) in [5, 5.41) is 5.58. The maximum Gasteiger partial charge on any atom is 0.339 e. The Kier molecular flexibility index (Phi) is 5.65. The van der Waals surface area contributed by atoms with E-state index >= 15 is 0 Å². The largest absolute Gasteiger partial charge is 0.465 e. The van der Waals surface area contributed by atoms with E-state index in [9.17, 15) is 9.59 Å². The maximum atomic E-state index is 12.3. The molecule has 0 unspecified atom stereocenters. The van der Waals surface area contributed by atoms with Crippen molar-refractivity contribution in [3.8, 4) is 0 Å². The first-order valence-corrected chi connectivity index (χ1v) is 7.70. The fourth-order valence-electron chi connectivity index (χ4n) is 2.27. The van der Waals surface area contributed by atoms with Gasteiger partial charge < -0.3 is 10.1 Å². The molecule has 0 aromatic heterocycles. The van der Waals surface area contributed by atoms with E-state index in [-0.39, 0.29) is 11.0 Å². The molecule has 0 fully saturated rings. The standard InChI is InChI=1S/C18H18N2O3S/c1-11-8-9-13(12(2)10-11)16(21)20-18(24)19-15-7-5-4-6-14(15)17(22)23-3/h4-10H,1-3H3,(H2,19,20,21,24). The van der Waals surface area contributed by atoms with Crippen LogP contribution in [0.1, 0.15) is 31.8 Å². The highest BCUT2D eigenvalue weighted by atomic mass is 32.1. The quantitative estimate of drug-likeness (QED) is 0.662. The van der Waals surface area contributed by atoms with Crippen LogP contribution < -0.4 is 10.6 Å². The maximum absolute atomic E-state index is 12.3.